The van der Waals surface area contributed by atoms with E-state index in [1.807, 2.05) is 0 Å². The summed E-state index contributed by atoms with van der Waals surface area (Å²) >= 11 is 0. The van der Waals surface area contributed by atoms with Crippen LogP contribution in [0.4, 0.5) is 0 Å². The minimum absolute atomic E-state index is 0.244. The van der Waals surface area contributed by atoms with E-state index in [2.05, 4.69) is 18.2 Å². The molecule has 2 heteroatoms. The molecule has 0 spiro atoms. The highest BCUT2D eigenvalue weighted by Gasteiger charge is 2.47. The molecule has 1 aromatic rings. The molecule has 0 bridgehead atoms. The van der Waals surface area contributed by atoms with Crippen molar-refractivity contribution in [2.24, 2.45) is 23.5 Å². The van der Waals surface area contributed by atoms with Crippen molar-refractivity contribution in [1.82, 2.24) is 0 Å². The number of nitrogens with two attached hydrogens (primary N) is 1. The van der Waals surface area contributed by atoms with Gasteiger partial charge < -0.3 is 10.5 Å². The molecule has 0 saturated heterocycles. The standard InChI is InChI=1S/C15H19NO/c16-15(13-7-11-6-12(11)8-13)10-1-2-14-9(5-10)3-4-17-14/h1-2,5,11-13,15H,3-4,6-8,16H2. The van der Waals surface area contributed by atoms with E-state index < -0.39 is 0 Å². The Hall–Kier alpha value is -1.02. The molecule has 3 aliphatic rings. The molecule has 0 amide bonds. The van der Waals surface area contributed by atoms with Crippen molar-refractivity contribution >= 4 is 0 Å². The maximum atomic E-state index is 6.44. The van der Waals surface area contributed by atoms with E-state index in [1.165, 1.54) is 30.4 Å². The first-order valence-electron chi connectivity index (χ1n) is 6.82. The van der Waals surface area contributed by atoms with E-state index in [4.69, 9.17) is 10.5 Å². The van der Waals surface area contributed by atoms with Crippen LogP contribution in [0.5, 0.6) is 5.75 Å². The topological polar surface area (TPSA) is 35.2 Å². The van der Waals surface area contributed by atoms with E-state index in [-0.39, 0.29) is 6.04 Å². The molecule has 2 aliphatic carbocycles. The molecule has 4 rings (SSSR count). The van der Waals surface area contributed by atoms with Gasteiger partial charge in [0.25, 0.3) is 0 Å². The van der Waals surface area contributed by atoms with Crippen LogP contribution in [0.2, 0.25) is 0 Å². The van der Waals surface area contributed by atoms with Crippen LogP contribution in [-0.4, -0.2) is 6.61 Å². The number of hydrogen-bond acceptors (Lipinski definition) is 2. The van der Waals surface area contributed by atoms with Gasteiger partial charge in [-0.15, -0.1) is 0 Å². The fourth-order valence-corrected chi connectivity index (χ4v) is 3.74. The molecule has 17 heavy (non-hydrogen) atoms. The average molecular weight is 229 g/mol. The number of ether oxygens (including phenoxy) is 1. The van der Waals surface area contributed by atoms with Crippen LogP contribution in [0, 0.1) is 17.8 Å². The van der Waals surface area contributed by atoms with Crippen LogP contribution >= 0.6 is 0 Å². The minimum atomic E-state index is 0.244. The van der Waals surface area contributed by atoms with Crippen LogP contribution in [0.1, 0.15) is 36.4 Å². The first-order valence-corrected chi connectivity index (χ1v) is 6.82. The Morgan fingerprint density at radius 2 is 2.00 bits per heavy atom. The average Bonchev–Trinajstić information content (AvgIpc) is 2.82. The van der Waals surface area contributed by atoms with Crippen molar-refractivity contribution in [3.05, 3.63) is 29.3 Å². The van der Waals surface area contributed by atoms with Gasteiger partial charge in [-0.3, -0.25) is 0 Å². The van der Waals surface area contributed by atoms with Gasteiger partial charge >= 0.3 is 0 Å². The third kappa shape index (κ3) is 1.58. The summed E-state index contributed by atoms with van der Waals surface area (Å²) in [6, 6.07) is 6.79. The molecule has 1 heterocycles. The summed E-state index contributed by atoms with van der Waals surface area (Å²) in [6.45, 7) is 0.835. The van der Waals surface area contributed by atoms with Gasteiger partial charge in [-0.05, 0) is 54.2 Å². The highest BCUT2D eigenvalue weighted by Crippen LogP contribution is 2.56. The predicted octanol–water partition coefficient (Wildman–Crippen LogP) is 2.67. The zero-order valence-electron chi connectivity index (χ0n) is 10.1. The Morgan fingerprint density at radius 3 is 2.82 bits per heavy atom. The van der Waals surface area contributed by atoms with Crippen LogP contribution in [0.3, 0.4) is 0 Å². The quantitative estimate of drug-likeness (QED) is 0.846. The molecule has 2 fully saturated rings. The maximum Gasteiger partial charge on any atom is 0.122 e. The van der Waals surface area contributed by atoms with Gasteiger partial charge in [0.05, 0.1) is 6.61 Å². The summed E-state index contributed by atoms with van der Waals surface area (Å²) in [7, 11) is 0. The smallest absolute Gasteiger partial charge is 0.122 e. The largest absolute Gasteiger partial charge is 0.493 e. The highest BCUT2D eigenvalue weighted by molar-refractivity contribution is 5.41. The van der Waals surface area contributed by atoms with Crippen LogP contribution in [0.25, 0.3) is 0 Å². The highest BCUT2D eigenvalue weighted by atomic mass is 16.5. The van der Waals surface area contributed by atoms with Crippen molar-refractivity contribution in [3.63, 3.8) is 0 Å². The van der Waals surface area contributed by atoms with Gasteiger partial charge in [-0.2, -0.15) is 0 Å². The van der Waals surface area contributed by atoms with Crippen LogP contribution in [0.15, 0.2) is 18.2 Å². The lowest BCUT2D eigenvalue weighted by Gasteiger charge is -2.21. The summed E-state index contributed by atoms with van der Waals surface area (Å²) in [5.41, 5.74) is 9.10. The van der Waals surface area contributed by atoms with Crippen LogP contribution < -0.4 is 10.5 Å². The summed E-state index contributed by atoms with van der Waals surface area (Å²) < 4.78 is 5.54. The summed E-state index contributed by atoms with van der Waals surface area (Å²) in [6.07, 6.45) is 5.24. The summed E-state index contributed by atoms with van der Waals surface area (Å²) in [5, 5.41) is 0. The normalized spacial score (nSPS) is 35.0. The third-order valence-corrected chi connectivity index (χ3v) is 4.89. The second-order valence-electron chi connectivity index (χ2n) is 5.98. The Kier molecular flexibility index (Phi) is 2.04. The molecular weight excluding hydrogens is 210 g/mol. The van der Waals surface area contributed by atoms with Gasteiger partial charge in [0.2, 0.25) is 0 Å². The SMILES string of the molecule is NC(c1ccc2c(c1)CCO2)C1CC2CC2C1. The zero-order valence-corrected chi connectivity index (χ0v) is 10.1. The Balaban J connectivity index is 1.57. The van der Waals surface area contributed by atoms with Crippen molar-refractivity contribution in [1.29, 1.82) is 0 Å². The number of benzene rings is 1. The Labute approximate surface area is 102 Å². The van der Waals surface area contributed by atoms with E-state index in [1.54, 1.807) is 0 Å². The first-order chi connectivity index (χ1) is 8.31. The first kappa shape index (κ1) is 9.95. The molecule has 3 atom stereocenters. The lowest BCUT2D eigenvalue weighted by Crippen LogP contribution is -2.20. The monoisotopic (exact) mass is 229 g/mol. The number of rotatable bonds is 2. The molecule has 3 unspecified atom stereocenters. The van der Waals surface area contributed by atoms with Gasteiger partial charge in [0.15, 0.2) is 0 Å². The molecule has 0 radical (unpaired) electrons. The second-order valence-corrected chi connectivity index (χ2v) is 5.98. The number of hydrogen-bond donors (Lipinski definition) is 1. The Morgan fingerprint density at radius 1 is 1.18 bits per heavy atom. The van der Waals surface area contributed by atoms with E-state index in [9.17, 15) is 0 Å². The molecule has 2 nitrogen and oxygen atoms in total. The van der Waals surface area contributed by atoms with Crippen molar-refractivity contribution in [2.75, 3.05) is 6.61 Å². The van der Waals surface area contributed by atoms with E-state index in [0.717, 1.165) is 36.5 Å². The van der Waals surface area contributed by atoms with Crippen molar-refractivity contribution in [2.45, 2.75) is 31.7 Å². The molecule has 1 aliphatic heterocycles. The molecule has 90 valence electrons. The molecule has 0 aromatic heterocycles. The lowest BCUT2D eigenvalue weighted by atomic mass is 9.89. The van der Waals surface area contributed by atoms with Crippen LogP contribution in [-0.2, 0) is 6.42 Å². The Bertz CT molecular complexity index is 446. The molecular formula is C15H19NO. The fraction of sp³-hybridized carbons (Fsp3) is 0.600. The van der Waals surface area contributed by atoms with Crippen molar-refractivity contribution in [3.8, 4) is 5.75 Å². The number of fused-ring (bicyclic) bond motifs is 2. The summed E-state index contributed by atoms with van der Waals surface area (Å²) in [5.74, 6) is 3.82. The van der Waals surface area contributed by atoms with Gasteiger partial charge in [0, 0.05) is 12.5 Å². The fourth-order valence-electron chi connectivity index (χ4n) is 3.74. The van der Waals surface area contributed by atoms with E-state index in [0.29, 0.717) is 0 Å². The molecule has 2 N–H and O–H groups in total. The van der Waals surface area contributed by atoms with Gasteiger partial charge in [-0.25, -0.2) is 0 Å². The minimum Gasteiger partial charge on any atom is -0.493 e. The zero-order chi connectivity index (χ0) is 11.4. The third-order valence-electron chi connectivity index (χ3n) is 4.89. The maximum absolute atomic E-state index is 6.44. The van der Waals surface area contributed by atoms with E-state index >= 15 is 0 Å². The van der Waals surface area contributed by atoms with Gasteiger partial charge in [0.1, 0.15) is 5.75 Å². The van der Waals surface area contributed by atoms with Crippen molar-refractivity contribution < 1.29 is 4.74 Å². The predicted molar refractivity (Wildman–Crippen MR) is 66.9 cm³/mol. The van der Waals surface area contributed by atoms with Gasteiger partial charge in [-0.1, -0.05) is 12.1 Å². The summed E-state index contributed by atoms with van der Waals surface area (Å²) in [4.78, 5) is 0. The molecule has 2 saturated carbocycles. The lowest BCUT2D eigenvalue weighted by molar-refractivity contribution is 0.356. The molecule has 1 aromatic carbocycles. The second kappa shape index (κ2) is 3.49.